The first-order chi connectivity index (χ1) is 12.6. The highest BCUT2D eigenvalue weighted by molar-refractivity contribution is 5.85. The summed E-state index contributed by atoms with van der Waals surface area (Å²) >= 11 is 0. The van der Waals surface area contributed by atoms with E-state index in [-0.39, 0.29) is 36.8 Å². The lowest BCUT2D eigenvalue weighted by atomic mass is 9.65. The van der Waals surface area contributed by atoms with Gasteiger partial charge in [0.05, 0.1) is 6.10 Å². The maximum Gasteiger partial charge on any atom is 0.223 e. The summed E-state index contributed by atoms with van der Waals surface area (Å²) in [5.41, 5.74) is 7.16. The van der Waals surface area contributed by atoms with Gasteiger partial charge in [-0.15, -0.1) is 12.4 Å². The largest absolute Gasteiger partial charge is 0.387 e. The second kappa shape index (κ2) is 8.59. The van der Waals surface area contributed by atoms with E-state index in [1.54, 1.807) is 0 Å². The molecule has 4 N–H and O–H groups in total. The van der Waals surface area contributed by atoms with Crippen molar-refractivity contribution in [3.63, 3.8) is 0 Å². The zero-order chi connectivity index (χ0) is 18.1. The minimum atomic E-state index is -0.686. The monoisotopic (exact) mass is 388 g/mol. The zero-order valence-electron chi connectivity index (χ0n) is 15.5. The van der Waals surface area contributed by atoms with Crippen LogP contribution in [-0.4, -0.2) is 23.6 Å². The molecule has 146 valence electrons. The fraction of sp³-hybridized carbons (Fsp3) is 0.500. The third kappa shape index (κ3) is 4.29. The van der Waals surface area contributed by atoms with E-state index in [1.807, 2.05) is 36.4 Å². The van der Waals surface area contributed by atoms with E-state index in [0.29, 0.717) is 11.8 Å². The van der Waals surface area contributed by atoms with Crippen LogP contribution < -0.4 is 11.1 Å². The van der Waals surface area contributed by atoms with Crippen molar-refractivity contribution in [2.45, 2.75) is 44.2 Å². The topological polar surface area (TPSA) is 75.4 Å². The third-order valence-electron chi connectivity index (χ3n) is 6.41. The van der Waals surface area contributed by atoms with Crippen molar-refractivity contribution in [3.05, 3.63) is 48.0 Å². The molecule has 3 atom stereocenters. The van der Waals surface area contributed by atoms with E-state index in [4.69, 9.17) is 5.73 Å². The highest BCUT2D eigenvalue weighted by Gasteiger charge is 2.40. The lowest BCUT2D eigenvalue weighted by Gasteiger charge is -2.43. The Hall–Kier alpha value is -1.62. The predicted octanol–water partition coefficient (Wildman–Crippen LogP) is 3.56. The zero-order valence-corrected chi connectivity index (χ0v) is 16.3. The van der Waals surface area contributed by atoms with Crippen LogP contribution in [0.15, 0.2) is 42.5 Å². The number of carbonyl (C=O) groups is 1. The van der Waals surface area contributed by atoms with Crippen molar-refractivity contribution >= 4 is 29.1 Å². The molecular formula is C22H29ClN2O2. The molecule has 0 aliphatic heterocycles. The van der Waals surface area contributed by atoms with Crippen LogP contribution >= 0.6 is 12.4 Å². The van der Waals surface area contributed by atoms with Gasteiger partial charge in [-0.05, 0) is 59.9 Å². The number of hydrogen-bond acceptors (Lipinski definition) is 3. The molecule has 0 saturated heterocycles. The first-order valence-electron chi connectivity index (χ1n) is 9.82. The second-order valence-electron chi connectivity index (χ2n) is 8.06. The Balaban J connectivity index is 0.00000210. The summed E-state index contributed by atoms with van der Waals surface area (Å²) in [4.78, 5) is 12.6. The Morgan fingerprint density at radius 1 is 1.11 bits per heavy atom. The molecule has 1 amide bonds. The molecule has 27 heavy (non-hydrogen) atoms. The number of fused-ring (bicyclic) bond motifs is 3. The summed E-state index contributed by atoms with van der Waals surface area (Å²) in [6.07, 6.45) is 4.67. The first kappa shape index (κ1) is 20.1. The number of benzene rings is 2. The van der Waals surface area contributed by atoms with E-state index in [0.717, 1.165) is 42.0 Å². The Bertz CT molecular complexity index is 783. The number of aliphatic hydroxyl groups excluding tert-OH is 1. The van der Waals surface area contributed by atoms with Gasteiger partial charge >= 0.3 is 0 Å². The molecule has 2 saturated carbocycles. The molecule has 2 bridgehead atoms. The Morgan fingerprint density at radius 2 is 1.78 bits per heavy atom. The highest BCUT2D eigenvalue weighted by atomic mass is 35.5. The molecule has 0 heterocycles. The predicted molar refractivity (Wildman–Crippen MR) is 111 cm³/mol. The SMILES string of the molecule is Cl.NC1C2CCCC1CC(C(=O)NCC(O)c1ccc3ccccc3c1)C2. The fourth-order valence-corrected chi connectivity index (χ4v) is 4.88. The van der Waals surface area contributed by atoms with E-state index in [1.165, 1.54) is 6.42 Å². The third-order valence-corrected chi connectivity index (χ3v) is 6.41. The summed E-state index contributed by atoms with van der Waals surface area (Å²) in [5.74, 6) is 1.11. The van der Waals surface area contributed by atoms with Crippen molar-refractivity contribution in [3.8, 4) is 0 Å². The minimum Gasteiger partial charge on any atom is -0.387 e. The lowest BCUT2D eigenvalue weighted by molar-refractivity contribution is -0.128. The van der Waals surface area contributed by atoms with Crippen LogP contribution in [0.25, 0.3) is 10.8 Å². The van der Waals surface area contributed by atoms with Crippen LogP contribution in [0, 0.1) is 17.8 Å². The molecule has 0 aromatic heterocycles. The highest BCUT2D eigenvalue weighted by Crippen LogP contribution is 2.41. The van der Waals surface area contributed by atoms with Gasteiger partial charge in [0, 0.05) is 18.5 Å². The molecule has 2 aliphatic rings. The Morgan fingerprint density at radius 3 is 2.48 bits per heavy atom. The molecule has 3 unspecified atom stereocenters. The van der Waals surface area contributed by atoms with Gasteiger partial charge in [-0.1, -0.05) is 42.8 Å². The number of hydrogen-bond donors (Lipinski definition) is 3. The van der Waals surface area contributed by atoms with Crippen LogP contribution in [0.2, 0.25) is 0 Å². The van der Waals surface area contributed by atoms with Crippen LogP contribution in [0.5, 0.6) is 0 Å². The maximum atomic E-state index is 12.6. The average molecular weight is 389 g/mol. The number of rotatable bonds is 4. The summed E-state index contributed by atoms with van der Waals surface area (Å²) in [5, 5.41) is 15.7. The summed E-state index contributed by atoms with van der Waals surface area (Å²) in [6, 6.07) is 14.3. The van der Waals surface area contributed by atoms with Crippen molar-refractivity contribution in [1.29, 1.82) is 0 Å². The van der Waals surface area contributed by atoms with E-state index in [9.17, 15) is 9.90 Å². The Labute approximate surface area is 166 Å². The molecule has 4 nitrogen and oxygen atoms in total. The molecular weight excluding hydrogens is 360 g/mol. The molecule has 4 rings (SSSR count). The summed E-state index contributed by atoms with van der Waals surface area (Å²) in [7, 11) is 0. The minimum absolute atomic E-state index is 0. The Kier molecular flexibility index (Phi) is 6.40. The van der Waals surface area contributed by atoms with Crippen molar-refractivity contribution in [2.75, 3.05) is 6.54 Å². The van der Waals surface area contributed by atoms with Crippen molar-refractivity contribution < 1.29 is 9.90 Å². The van der Waals surface area contributed by atoms with Gasteiger partial charge in [-0.3, -0.25) is 4.79 Å². The number of nitrogens with two attached hydrogens (primary N) is 1. The summed E-state index contributed by atoms with van der Waals surface area (Å²) < 4.78 is 0. The molecule has 0 spiro atoms. The maximum absolute atomic E-state index is 12.6. The fourth-order valence-electron chi connectivity index (χ4n) is 4.88. The molecule has 2 fully saturated rings. The van der Waals surface area contributed by atoms with E-state index >= 15 is 0 Å². The van der Waals surface area contributed by atoms with Gasteiger partial charge < -0.3 is 16.2 Å². The quantitative estimate of drug-likeness (QED) is 0.749. The first-order valence-corrected chi connectivity index (χ1v) is 9.82. The van der Waals surface area contributed by atoms with Crippen LogP contribution in [-0.2, 0) is 4.79 Å². The van der Waals surface area contributed by atoms with Gasteiger partial charge in [0.2, 0.25) is 5.91 Å². The van der Waals surface area contributed by atoms with Crippen LogP contribution in [0.1, 0.15) is 43.8 Å². The van der Waals surface area contributed by atoms with Crippen LogP contribution in [0.4, 0.5) is 0 Å². The normalized spacial score (nSPS) is 28.2. The number of halogens is 1. The average Bonchev–Trinajstić information content (AvgIpc) is 2.65. The van der Waals surface area contributed by atoms with Gasteiger partial charge in [0.1, 0.15) is 0 Å². The molecule has 2 aromatic carbocycles. The number of aliphatic hydroxyl groups is 1. The number of amides is 1. The number of nitrogens with one attached hydrogen (secondary N) is 1. The second-order valence-corrected chi connectivity index (χ2v) is 8.06. The number of carbonyl (C=O) groups excluding carboxylic acids is 1. The smallest absolute Gasteiger partial charge is 0.223 e. The molecule has 0 radical (unpaired) electrons. The van der Waals surface area contributed by atoms with E-state index in [2.05, 4.69) is 11.4 Å². The standard InChI is InChI=1S/C22H28N2O2.ClH/c23-21-17-6-3-7-18(21)12-19(11-17)22(26)24-13-20(25)16-9-8-14-4-1-2-5-15(14)10-16;/h1-2,4-5,8-10,17-21,25H,3,6-7,11-13,23H2,(H,24,26);1H. The van der Waals surface area contributed by atoms with E-state index < -0.39 is 6.10 Å². The van der Waals surface area contributed by atoms with Gasteiger partial charge in [-0.25, -0.2) is 0 Å². The molecule has 2 aromatic rings. The van der Waals surface area contributed by atoms with Gasteiger partial charge in [-0.2, -0.15) is 0 Å². The molecule has 2 aliphatic carbocycles. The van der Waals surface area contributed by atoms with Gasteiger partial charge in [0.15, 0.2) is 0 Å². The van der Waals surface area contributed by atoms with Crippen molar-refractivity contribution in [1.82, 2.24) is 5.32 Å². The van der Waals surface area contributed by atoms with Crippen LogP contribution in [0.3, 0.4) is 0 Å². The summed E-state index contributed by atoms with van der Waals surface area (Å²) in [6.45, 7) is 0.259. The lowest BCUT2D eigenvalue weighted by Crippen LogP contribution is -2.49. The molecule has 5 heteroatoms. The van der Waals surface area contributed by atoms with Gasteiger partial charge in [0.25, 0.3) is 0 Å². The van der Waals surface area contributed by atoms with Crippen molar-refractivity contribution in [2.24, 2.45) is 23.5 Å².